The highest BCUT2D eigenvalue weighted by Crippen LogP contribution is 2.25. The normalized spacial score (nSPS) is 11.0. The Hall–Kier alpha value is -4.24. The summed E-state index contributed by atoms with van der Waals surface area (Å²) < 4.78 is 8.46. The molecule has 0 aliphatic rings. The van der Waals surface area contributed by atoms with Crippen molar-refractivity contribution in [1.29, 1.82) is 0 Å². The largest absolute Gasteiger partial charge is 0.497 e. The lowest BCUT2D eigenvalue weighted by Crippen LogP contribution is -2.16. The van der Waals surface area contributed by atoms with Crippen LogP contribution in [0.2, 0.25) is 5.02 Å². The number of ether oxygens (including phenoxy) is 1. The first-order chi connectivity index (χ1) is 16.0. The molecule has 0 fully saturated rings. The number of carbonyl (C=O) groups is 1. The molecular formula is C23H18ClN7O2. The highest BCUT2D eigenvalue weighted by atomic mass is 35.5. The molecule has 2 aromatic carbocycles. The number of methoxy groups -OCH3 is 1. The number of rotatable bonds is 5. The summed E-state index contributed by atoms with van der Waals surface area (Å²) in [6.45, 7) is 1.84. The number of carbonyl (C=O) groups excluding carboxylic acids is 1. The van der Waals surface area contributed by atoms with Gasteiger partial charge in [0.25, 0.3) is 5.91 Å². The first-order valence-electron chi connectivity index (χ1n) is 10.0. The van der Waals surface area contributed by atoms with Crippen molar-refractivity contribution in [3.05, 3.63) is 83.4 Å². The van der Waals surface area contributed by atoms with E-state index in [1.165, 1.54) is 6.33 Å². The predicted octanol–water partition coefficient (Wildman–Crippen LogP) is 4.22. The van der Waals surface area contributed by atoms with Crippen LogP contribution in [-0.2, 0) is 0 Å². The molecule has 0 unspecified atom stereocenters. The van der Waals surface area contributed by atoms with Crippen molar-refractivity contribution in [2.45, 2.75) is 6.92 Å². The zero-order valence-electron chi connectivity index (χ0n) is 17.7. The lowest BCUT2D eigenvalue weighted by Gasteiger charge is -2.10. The average Bonchev–Trinajstić information content (AvgIpc) is 3.42. The molecule has 0 bridgehead atoms. The van der Waals surface area contributed by atoms with Crippen LogP contribution in [0.4, 0.5) is 5.82 Å². The number of nitrogens with zero attached hydrogens (tertiary/aromatic N) is 6. The van der Waals surface area contributed by atoms with Crippen molar-refractivity contribution < 1.29 is 9.53 Å². The predicted molar refractivity (Wildman–Crippen MR) is 124 cm³/mol. The number of halogens is 1. The quantitative estimate of drug-likeness (QED) is 0.422. The lowest BCUT2D eigenvalue weighted by molar-refractivity contribution is 0.102. The topological polar surface area (TPSA) is 99.8 Å². The monoisotopic (exact) mass is 459 g/mol. The van der Waals surface area contributed by atoms with Crippen LogP contribution in [0.5, 0.6) is 5.75 Å². The molecule has 1 amide bonds. The fraction of sp³-hybridized carbons (Fsp3) is 0.0870. The van der Waals surface area contributed by atoms with Crippen LogP contribution < -0.4 is 10.1 Å². The van der Waals surface area contributed by atoms with Crippen LogP contribution >= 0.6 is 11.6 Å². The molecule has 33 heavy (non-hydrogen) atoms. The van der Waals surface area contributed by atoms with E-state index in [0.29, 0.717) is 44.7 Å². The van der Waals surface area contributed by atoms with E-state index in [9.17, 15) is 4.79 Å². The summed E-state index contributed by atoms with van der Waals surface area (Å²) >= 11 is 6.15. The SMILES string of the molecule is COc1cccc(C(=O)Nc2cc(C)nn2-c2ncnc3c2cnn3-c2cccc(Cl)c2)c1. The summed E-state index contributed by atoms with van der Waals surface area (Å²) in [5.74, 6) is 1.26. The number of fused-ring (bicyclic) bond motifs is 1. The fourth-order valence-corrected chi connectivity index (χ4v) is 3.68. The zero-order valence-corrected chi connectivity index (χ0v) is 18.5. The van der Waals surface area contributed by atoms with E-state index in [1.54, 1.807) is 65.1 Å². The second-order valence-electron chi connectivity index (χ2n) is 7.24. The van der Waals surface area contributed by atoms with Gasteiger partial charge in [0.05, 0.1) is 30.1 Å². The second-order valence-corrected chi connectivity index (χ2v) is 7.68. The number of aromatic nitrogens is 6. The van der Waals surface area contributed by atoms with E-state index >= 15 is 0 Å². The van der Waals surface area contributed by atoms with Gasteiger partial charge in [0.2, 0.25) is 0 Å². The molecule has 0 saturated carbocycles. The summed E-state index contributed by atoms with van der Waals surface area (Å²) in [4.78, 5) is 21.7. The molecule has 0 aliphatic carbocycles. The Labute approximate surface area is 193 Å². The summed E-state index contributed by atoms with van der Waals surface area (Å²) in [6, 6.07) is 16.0. The van der Waals surface area contributed by atoms with Crippen LogP contribution in [0.15, 0.2) is 67.1 Å². The molecule has 9 nitrogen and oxygen atoms in total. The maximum Gasteiger partial charge on any atom is 0.256 e. The molecule has 0 spiro atoms. The van der Waals surface area contributed by atoms with Crippen LogP contribution in [0, 0.1) is 6.92 Å². The summed E-state index contributed by atoms with van der Waals surface area (Å²) in [6.07, 6.45) is 3.10. The molecule has 5 rings (SSSR count). The van der Waals surface area contributed by atoms with E-state index in [2.05, 4.69) is 25.5 Å². The Bertz CT molecular complexity index is 1490. The van der Waals surface area contributed by atoms with Gasteiger partial charge in [-0.1, -0.05) is 23.7 Å². The average molecular weight is 460 g/mol. The minimum Gasteiger partial charge on any atom is -0.497 e. The van der Waals surface area contributed by atoms with Crippen LogP contribution in [0.3, 0.4) is 0 Å². The Morgan fingerprint density at radius 2 is 1.91 bits per heavy atom. The van der Waals surface area contributed by atoms with E-state index in [4.69, 9.17) is 16.3 Å². The van der Waals surface area contributed by atoms with Gasteiger partial charge < -0.3 is 10.1 Å². The first kappa shape index (κ1) is 20.7. The Kier molecular flexibility index (Phi) is 5.23. The van der Waals surface area contributed by atoms with Crippen molar-refractivity contribution in [3.8, 4) is 17.3 Å². The zero-order chi connectivity index (χ0) is 22.9. The summed E-state index contributed by atoms with van der Waals surface area (Å²) in [5.41, 5.74) is 2.53. The summed E-state index contributed by atoms with van der Waals surface area (Å²) in [5, 5.41) is 13.2. The molecule has 0 saturated heterocycles. The minimum atomic E-state index is -0.296. The minimum absolute atomic E-state index is 0.296. The molecule has 3 heterocycles. The number of nitrogens with one attached hydrogen (secondary N) is 1. The van der Waals surface area contributed by atoms with Gasteiger partial charge in [-0.2, -0.15) is 14.9 Å². The van der Waals surface area contributed by atoms with Crippen molar-refractivity contribution >= 4 is 34.4 Å². The number of hydrogen-bond acceptors (Lipinski definition) is 6. The standard InChI is InChI=1S/C23H18ClN7O2/c1-14-9-20(28-23(32)15-5-3-8-18(10-15)33-2)31(29-14)22-19-12-27-30(21(19)25-13-26-22)17-7-4-6-16(24)11-17/h3-13H,1-2H3,(H,28,32). The van der Waals surface area contributed by atoms with Crippen LogP contribution in [-0.4, -0.2) is 42.5 Å². The Balaban J connectivity index is 1.55. The van der Waals surface area contributed by atoms with Gasteiger partial charge in [-0.3, -0.25) is 4.79 Å². The molecular weight excluding hydrogens is 442 g/mol. The molecule has 10 heteroatoms. The highest BCUT2D eigenvalue weighted by molar-refractivity contribution is 6.30. The molecule has 164 valence electrons. The second kappa shape index (κ2) is 8.36. The van der Waals surface area contributed by atoms with E-state index in [-0.39, 0.29) is 5.91 Å². The van der Waals surface area contributed by atoms with Gasteiger partial charge >= 0.3 is 0 Å². The van der Waals surface area contributed by atoms with Crippen LogP contribution in [0.1, 0.15) is 16.1 Å². The van der Waals surface area contributed by atoms with Gasteiger partial charge in [-0.05, 0) is 43.3 Å². The van der Waals surface area contributed by atoms with Crippen molar-refractivity contribution in [3.63, 3.8) is 0 Å². The third kappa shape index (κ3) is 3.90. The number of benzene rings is 2. The van der Waals surface area contributed by atoms with Crippen LogP contribution in [0.25, 0.3) is 22.5 Å². The highest BCUT2D eigenvalue weighted by Gasteiger charge is 2.18. The Morgan fingerprint density at radius 3 is 2.73 bits per heavy atom. The van der Waals surface area contributed by atoms with Crippen molar-refractivity contribution in [2.75, 3.05) is 12.4 Å². The number of anilines is 1. The van der Waals surface area contributed by atoms with E-state index in [1.807, 2.05) is 19.1 Å². The van der Waals surface area contributed by atoms with Crippen molar-refractivity contribution in [1.82, 2.24) is 29.5 Å². The number of amides is 1. The third-order valence-electron chi connectivity index (χ3n) is 5.00. The molecule has 0 radical (unpaired) electrons. The molecule has 3 aromatic heterocycles. The maximum absolute atomic E-state index is 12.9. The third-order valence-corrected chi connectivity index (χ3v) is 5.24. The molecule has 5 aromatic rings. The Morgan fingerprint density at radius 1 is 1.06 bits per heavy atom. The molecule has 0 atom stereocenters. The van der Waals surface area contributed by atoms with Gasteiger partial charge in [0.15, 0.2) is 11.5 Å². The first-order valence-corrected chi connectivity index (χ1v) is 10.4. The lowest BCUT2D eigenvalue weighted by atomic mass is 10.2. The maximum atomic E-state index is 12.9. The van der Waals surface area contributed by atoms with Gasteiger partial charge in [0.1, 0.15) is 17.9 Å². The van der Waals surface area contributed by atoms with Gasteiger partial charge in [-0.25, -0.2) is 14.6 Å². The van der Waals surface area contributed by atoms with Gasteiger partial charge in [-0.15, -0.1) is 0 Å². The van der Waals surface area contributed by atoms with E-state index in [0.717, 1.165) is 5.69 Å². The molecule has 0 aliphatic heterocycles. The van der Waals surface area contributed by atoms with Crippen molar-refractivity contribution in [2.24, 2.45) is 0 Å². The molecule has 1 N–H and O–H groups in total. The smallest absolute Gasteiger partial charge is 0.256 e. The van der Waals surface area contributed by atoms with E-state index < -0.39 is 0 Å². The number of aryl methyl sites for hydroxylation is 1. The number of hydrogen-bond donors (Lipinski definition) is 1. The fourth-order valence-electron chi connectivity index (χ4n) is 3.50. The van der Waals surface area contributed by atoms with Gasteiger partial charge in [0, 0.05) is 16.7 Å². The summed E-state index contributed by atoms with van der Waals surface area (Å²) in [7, 11) is 1.55.